The smallest absolute Gasteiger partial charge is 0.475 e. The number of alkyl carbamates (subject to hydrolysis) is 1. The van der Waals surface area contributed by atoms with Crippen molar-refractivity contribution in [3.05, 3.63) is 29.3 Å². The maximum Gasteiger partial charge on any atom is 0.475 e. The number of aryl methyl sites for hydroxylation is 1. The van der Waals surface area contributed by atoms with E-state index < -0.39 is 48.0 Å². The van der Waals surface area contributed by atoms with Gasteiger partial charge in [-0.05, 0) is 106 Å². The fourth-order valence-corrected chi connectivity index (χ4v) is 6.43. The van der Waals surface area contributed by atoms with E-state index in [0.717, 1.165) is 31.7 Å². The second-order valence-electron chi connectivity index (χ2n) is 14.9. The van der Waals surface area contributed by atoms with Crippen molar-refractivity contribution in [2.24, 2.45) is 0 Å². The second-order valence-corrected chi connectivity index (χ2v) is 16.4. The minimum absolute atomic E-state index is 0.0789. The topological polar surface area (TPSA) is 102 Å². The van der Waals surface area contributed by atoms with Gasteiger partial charge in [-0.2, -0.15) is 13.2 Å². The Morgan fingerprint density at radius 2 is 1.43 bits per heavy atom. The third kappa shape index (κ3) is 18.5. The molecule has 13 heteroatoms. The molecule has 1 atom stereocenters. The molecule has 1 rings (SSSR count). The highest BCUT2D eigenvalue weighted by molar-refractivity contribution is 7.48. The lowest BCUT2D eigenvalue weighted by Crippen LogP contribution is -2.54. The van der Waals surface area contributed by atoms with Gasteiger partial charge in [0, 0.05) is 13.7 Å². The monoisotopic (exact) mass is 697 g/mol. The second kappa shape index (κ2) is 18.2. The highest BCUT2D eigenvalue weighted by Gasteiger charge is 2.42. The fourth-order valence-electron chi connectivity index (χ4n) is 4.54. The fraction of sp³-hybridized carbons (Fsp3) is 0.794. The van der Waals surface area contributed by atoms with E-state index in [1.807, 2.05) is 0 Å². The lowest BCUT2D eigenvalue weighted by atomic mass is 9.88. The molecule has 0 heterocycles. The number of halogens is 3. The lowest BCUT2D eigenvalue weighted by molar-refractivity contribution is -0.139. The number of methoxy groups -OCH3 is 1. The Labute approximate surface area is 280 Å². The van der Waals surface area contributed by atoms with Gasteiger partial charge >= 0.3 is 20.1 Å². The van der Waals surface area contributed by atoms with Crippen LogP contribution < -0.4 is 10.1 Å². The molecule has 0 saturated heterocycles. The molecule has 1 aromatic carbocycles. The number of nitrogens with one attached hydrogen (secondary N) is 1. The van der Waals surface area contributed by atoms with E-state index in [1.165, 1.54) is 13.2 Å². The number of hydrogen-bond acceptors (Lipinski definition) is 8. The van der Waals surface area contributed by atoms with Crippen LogP contribution in [-0.2, 0) is 40.2 Å². The molecule has 9 nitrogen and oxygen atoms in total. The molecule has 0 fully saturated rings. The van der Waals surface area contributed by atoms with Crippen LogP contribution in [0.3, 0.4) is 0 Å². The average molecular weight is 698 g/mol. The lowest BCUT2D eigenvalue weighted by Gasteiger charge is -2.38. The van der Waals surface area contributed by atoms with Gasteiger partial charge in [-0.25, -0.2) is 9.36 Å². The SMILES string of the molecule is CCCCCCCOc1ccc(CCC(CCOC)(COP(=O)(OC(C)(C)C)OC(C)(C)C)NC(=O)OC(C)(C)C)cc1C(F)(F)F. The molecule has 1 N–H and O–H groups in total. The summed E-state index contributed by atoms with van der Waals surface area (Å²) in [6.07, 6.45) is -0.385. The summed E-state index contributed by atoms with van der Waals surface area (Å²) in [4.78, 5) is 13.1. The van der Waals surface area contributed by atoms with Crippen LogP contribution in [-0.4, -0.2) is 55.4 Å². The molecular formula is C34H59F3NO8P. The number of ether oxygens (including phenoxy) is 3. The van der Waals surface area contributed by atoms with Gasteiger partial charge in [0.2, 0.25) is 0 Å². The van der Waals surface area contributed by atoms with E-state index >= 15 is 0 Å². The first kappa shape index (κ1) is 43.2. The summed E-state index contributed by atoms with van der Waals surface area (Å²) in [6, 6.07) is 3.98. The molecule has 47 heavy (non-hydrogen) atoms. The number of hydrogen-bond donors (Lipinski definition) is 1. The Hall–Kier alpha value is -1.85. The predicted octanol–water partition coefficient (Wildman–Crippen LogP) is 10.0. The van der Waals surface area contributed by atoms with Gasteiger partial charge in [0.15, 0.2) is 0 Å². The maximum atomic E-state index is 14.1. The summed E-state index contributed by atoms with van der Waals surface area (Å²) < 4.78 is 90.3. The Kier molecular flexibility index (Phi) is 16.7. The van der Waals surface area contributed by atoms with Crippen LogP contribution in [0.2, 0.25) is 0 Å². The summed E-state index contributed by atoms with van der Waals surface area (Å²) in [5, 5.41) is 2.85. The summed E-state index contributed by atoms with van der Waals surface area (Å²) >= 11 is 0. The zero-order valence-electron chi connectivity index (χ0n) is 30.4. The molecule has 1 amide bonds. The standard InChI is InChI=1S/C34H59F3NO8P/c1-12-13-14-15-16-22-42-28-18-17-26(24-27(28)34(35,36)37)19-20-33(21-23-41-11,38-29(39)44-30(2,3)4)25-43-47(40,45-31(5,6)7)46-32(8,9)10/h17-18,24H,12-16,19-23,25H2,1-11H3,(H,38,39). The summed E-state index contributed by atoms with van der Waals surface area (Å²) in [7, 11) is -2.75. The Morgan fingerprint density at radius 1 is 0.830 bits per heavy atom. The predicted molar refractivity (Wildman–Crippen MR) is 178 cm³/mol. The summed E-state index contributed by atoms with van der Waals surface area (Å²) in [5.41, 5.74) is -4.48. The first-order valence-electron chi connectivity index (χ1n) is 16.4. The molecule has 0 radical (unpaired) electrons. The largest absolute Gasteiger partial charge is 0.493 e. The number of carbonyl (C=O) groups excluding carboxylic acids is 1. The number of carbonyl (C=O) groups is 1. The number of benzene rings is 1. The highest BCUT2D eigenvalue weighted by atomic mass is 31.2. The van der Waals surface area contributed by atoms with Crippen molar-refractivity contribution in [3.63, 3.8) is 0 Å². The molecule has 0 spiro atoms. The quantitative estimate of drug-likeness (QED) is 0.113. The first-order valence-corrected chi connectivity index (χ1v) is 17.9. The third-order valence-electron chi connectivity index (χ3n) is 6.57. The van der Waals surface area contributed by atoms with Crippen LogP contribution in [0.4, 0.5) is 18.0 Å². The number of amides is 1. The maximum absolute atomic E-state index is 14.1. The van der Waals surface area contributed by atoms with Crippen molar-refractivity contribution in [1.82, 2.24) is 5.32 Å². The summed E-state index contributed by atoms with van der Waals surface area (Å²) in [6.45, 7) is 17.4. The van der Waals surface area contributed by atoms with Crippen LogP contribution in [0, 0.1) is 0 Å². The Morgan fingerprint density at radius 3 is 1.94 bits per heavy atom. The van der Waals surface area contributed by atoms with Gasteiger partial charge in [-0.1, -0.05) is 38.7 Å². The van der Waals surface area contributed by atoms with E-state index in [9.17, 15) is 22.5 Å². The summed E-state index contributed by atoms with van der Waals surface area (Å²) in [5.74, 6) is -0.225. The van der Waals surface area contributed by atoms with Crippen LogP contribution >= 0.6 is 7.82 Å². The molecule has 0 bridgehead atoms. The van der Waals surface area contributed by atoms with Crippen LogP contribution in [0.25, 0.3) is 0 Å². The Bertz CT molecular complexity index is 1120. The van der Waals surface area contributed by atoms with Crippen molar-refractivity contribution >= 4 is 13.9 Å². The first-order chi connectivity index (χ1) is 21.4. The molecule has 1 aromatic rings. The van der Waals surface area contributed by atoms with Crippen LogP contribution in [0.5, 0.6) is 5.75 Å². The molecule has 274 valence electrons. The van der Waals surface area contributed by atoms with Crippen molar-refractivity contribution < 1.29 is 50.3 Å². The van der Waals surface area contributed by atoms with Crippen LogP contribution in [0.1, 0.15) is 125 Å². The molecule has 0 saturated carbocycles. The van der Waals surface area contributed by atoms with Crippen molar-refractivity contribution in [2.45, 2.75) is 149 Å². The van der Waals surface area contributed by atoms with E-state index in [0.29, 0.717) is 12.0 Å². The molecular weight excluding hydrogens is 638 g/mol. The van der Waals surface area contributed by atoms with E-state index in [1.54, 1.807) is 68.4 Å². The normalized spacial score (nSPS) is 14.5. The Balaban J connectivity index is 3.44. The highest BCUT2D eigenvalue weighted by Crippen LogP contribution is 2.56. The van der Waals surface area contributed by atoms with Crippen molar-refractivity contribution in [2.75, 3.05) is 26.9 Å². The minimum Gasteiger partial charge on any atom is -0.493 e. The van der Waals surface area contributed by atoms with E-state index in [4.69, 9.17) is 27.8 Å². The minimum atomic E-state index is -4.64. The van der Waals surface area contributed by atoms with Gasteiger partial charge in [0.1, 0.15) is 11.4 Å². The number of phosphoric ester groups is 1. The number of phosphoric acid groups is 1. The zero-order chi connectivity index (χ0) is 36.2. The van der Waals surface area contributed by atoms with Crippen molar-refractivity contribution in [1.29, 1.82) is 0 Å². The van der Waals surface area contributed by atoms with Gasteiger partial charge in [0.25, 0.3) is 0 Å². The zero-order valence-corrected chi connectivity index (χ0v) is 31.3. The van der Waals surface area contributed by atoms with Gasteiger partial charge in [0.05, 0.1) is 35.5 Å². The number of rotatable bonds is 19. The van der Waals surface area contributed by atoms with Gasteiger partial charge in [-0.3, -0.25) is 13.6 Å². The average Bonchev–Trinajstić information content (AvgIpc) is 2.88. The van der Waals surface area contributed by atoms with E-state index in [-0.39, 0.29) is 44.8 Å². The van der Waals surface area contributed by atoms with Crippen LogP contribution in [0.15, 0.2) is 18.2 Å². The molecule has 0 aliphatic rings. The van der Waals surface area contributed by atoms with E-state index in [2.05, 4.69) is 12.2 Å². The molecule has 0 aliphatic heterocycles. The number of unbranched alkanes of at least 4 members (excludes halogenated alkanes) is 4. The van der Waals surface area contributed by atoms with Crippen molar-refractivity contribution in [3.8, 4) is 5.75 Å². The molecule has 0 aliphatic carbocycles. The number of alkyl halides is 3. The third-order valence-corrected chi connectivity index (χ3v) is 8.56. The molecule has 1 unspecified atom stereocenters. The molecule has 0 aromatic heterocycles. The van der Waals surface area contributed by atoms with Gasteiger partial charge < -0.3 is 19.5 Å². The van der Waals surface area contributed by atoms with Gasteiger partial charge in [-0.15, -0.1) is 0 Å².